The SMILES string of the molecule is CCOc1ccc(CN(Cc2cccnc2)C(=S)NC(C)CC)cc1. The number of thiocarbonyl (C=S) groups is 1. The van der Waals surface area contributed by atoms with Crippen molar-refractivity contribution in [1.82, 2.24) is 15.2 Å². The van der Waals surface area contributed by atoms with Crippen molar-refractivity contribution < 1.29 is 4.74 Å². The van der Waals surface area contributed by atoms with Crippen LogP contribution < -0.4 is 10.1 Å². The molecule has 0 saturated carbocycles. The molecule has 2 aromatic rings. The lowest BCUT2D eigenvalue weighted by atomic mass is 10.2. The zero-order chi connectivity index (χ0) is 18.1. The highest BCUT2D eigenvalue weighted by Gasteiger charge is 2.13. The van der Waals surface area contributed by atoms with Crippen molar-refractivity contribution in [3.63, 3.8) is 0 Å². The summed E-state index contributed by atoms with van der Waals surface area (Å²) in [6, 6.07) is 12.6. The number of benzene rings is 1. The number of nitrogens with one attached hydrogen (secondary N) is 1. The van der Waals surface area contributed by atoms with Gasteiger partial charge in [-0.25, -0.2) is 0 Å². The summed E-state index contributed by atoms with van der Waals surface area (Å²) in [6.45, 7) is 8.43. The molecule has 1 atom stereocenters. The third-order valence-corrected chi connectivity index (χ3v) is 4.35. The van der Waals surface area contributed by atoms with Crippen molar-refractivity contribution in [2.45, 2.75) is 46.3 Å². The second-order valence-electron chi connectivity index (χ2n) is 6.05. The van der Waals surface area contributed by atoms with E-state index in [0.717, 1.165) is 35.9 Å². The first-order valence-electron chi connectivity index (χ1n) is 8.78. The molecule has 1 heterocycles. The summed E-state index contributed by atoms with van der Waals surface area (Å²) >= 11 is 5.65. The highest BCUT2D eigenvalue weighted by atomic mass is 32.1. The van der Waals surface area contributed by atoms with Crippen LogP contribution >= 0.6 is 12.2 Å². The Bertz CT molecular complexity index is 646. The van der Waals surface area contributed by atoms with E-state index >= 15 is 0 Å². The van der Waals surface area contributed by atoms with E-state index in [1.165, 1.54) is 5.56 Å². The minimum atomic E-state index is 0.351. The van der Waals surface area contributed by atoms with Gasteiger partial charge in [0.1, 0.15) is 5.75 Å². The van der Waals surface area contributed by atoms with Crippen LogP contribution in [0.25, 0.3) is 0 Å². The Kier molecular flexibility index (Phi) is 7.67. The Morgan fingerprint density at radius 2 is 1.88 bits per heavy atom. The first-order valence-corrected chi connectivity index (χ1v) is 9.19. The molecule has 4 nitrogen and oxygen atoms in total. The lowest BCUT2D eigenvalue weighted by Crippen LogP contribution is -2.42. The van der Waals surface area contributed by atoms with E-state index in [0.29, 0.717) is 12.6 Å². The maximum absolute atomic E-state index is 5.65. The molecule has 2 rings (SSSR count). The van der Waals surface area contributed by atoms with E-state index in [1.54, 1.807) is 6.20 Å². The van der Waals surface area contributed by atoms with Crippen molar-refractivity contribution in [1.29, 1.82) is 0 Å². The molecule has 25 heavy (non-hydrogen) atoms. The van der Waals surface area contributed by atoms with Gasteiger partial charge in [-0.1, -0.05) is 25.1 Å². The maximum Gasteiger partial charge on any atom is 0.169 e. The fraction of sp³-hybridized carbons (Fsp3) is 0.400. The molecule has 5 heteroatoms. The second-order valence-corrected chi connectivity index (χ2v) is 6.44. The van der Waals surface area contributed by atoms with Gasteiger partial charge < -0.3 is 15.0 Å². The topological polar surface area (TPSA) is 37.4 Å². The lowest BCUT2D eigenvalue weighted by molar-refractivity contribution is 0.339. The number of rotatable bonds is 8. The maximum atomic E-state index is 5.65. The number of pyridine rings is 1. The van der Waals surface area contributed by atoms with Crippen molar-refractivity contribution >= 4 is 17.3 Å². The quantitative estimate of drug-likeness (QED) is 0.718. The van der Waals surface area contributed by atoms with Gasteiger partial charge in [-0.2, -0.15) is 0 Å². The monoisotopic (exact) mass is 357 g/mol. The molecule has 0 amide bonds. The van der Waals surface area contributed by atoms with E-state index in [4.69, 9.17) is 17.0 Å². The number of hydrogen-bond donors (Lipinski definition) is 1. The Morgan fingerprint density at radius 3 is 2.48 bits per heavy atom. The van der Waals surface area contributed by atoms with Gasteiger partial charge in [0.05, 0.1) is 6.61 Å². The van der Waals surface area contributed by atoms with E-state index in [2.05, 4.69) is 47.2 Å². The molecule has 0 aliphatic carbocycles. The van der Waals surface area contributed by atoms with Crippen molar-refractivity contribution in [3.8, 4) is 5.75 Å². The molecule has 0 bridgehead atoms. The molecular formula is C20H27N3OS. The second kappa shape index (κ2) is 9.99. The van der Waals surface area contributed by atoms with E-state index < -0.39 is 0 Å². The summed E-state index contributed by atoms with van der Waals surface area (Å²) in [6.07, 6.45) is 4.71. The van der Waals surface area contributed by atoms with Crippen LogP contribution in [0.15, 0.2) is 48.8 Å². The third kappa shape index (κ3) is 6.35. The normalized spacial score (nSPS) is 11.6. The van der Waals surface area contributed by atoms with Crippen LogP contribution in [0.3, 0.4) is 0 Å². The molecule has 0 saturated heterocycles. The molecule has 0 fully saturated rings. The summed E-state index contributed by atoms with van der Waals surface area (Å²) in [4.78, 5) is 6.38. The van der Waals surface area contributed by atoms with Gasteiger partial charge in [-0.05, 0) is 61.8 Å². The van der Waals surface area contributed by atoms with Gasteiger partial charge in [0.2, 0.25) is 0 Å². The van der Waals surface area contributed by atoms with Crippen molar-refractivity contribution in [2.75, 3.05) is 6.61 Å². The van der Waals surface area contributed by atoms with Gasteiger partial charge >= 0.3 is 0 Å². The highest BCUT2D eigenvalue weighted by molar-refractivity contribution is 7.80. The third-order valence-electron chi connectivity index (χ3n) is 3.97. The molecule has 0 radical (unpaired) electrons. The Labute approximate surface area is 156 Å². The first-order chi connectivity index (χ1) is 12.1. The molecular weight excluding hydrogens is 330 g/mol. The molecule has 1 unspecified atom stereocenters. The Balaban J connectivity index is 2.11. The molecule has 1 N–H and O–H groups in total. The van der Waals surface area contributed by atoms with Crippen molar-refractivity contribution in [2.24, 2.45) is 0 Å². The first kappa shape index (κ1) is 19.2. The highest BCUT2D eigenvalue weighted by Crippen LogP contribution is 2.15. The zero-order valence-corrected chi connectivity index (χ0v) is 16.1. The number of aromatic nitrogens is 1. The van der Waals surface area contributed by atoms with Crippen LogP contribution in [-0.4, -0.2) is 27.6 Å². The predicted octanol–water partition coefficient (Wildman–Crippen LogP) is 4.16. The van der Waals surface area contributed by atoms with Gasteiger partial charge in [0, 0.05) is 31.5 Å². The average Bonchev–Trinajstić information content (AvgIpc) is 2.63. The summed E-state index contributed by atoms with van der Waals surface area (Å²) in [7, 11) is 0. The lowest BCUT2D eigenvalue weighted by Gasteiger charge is -2.28. The van der Waals surface area contributed by atoms with Crippen LogP contribution in [0.1, 0.15) is 38.3 Å². The average molecular weight is 358 g/mol. The van der Waals surface area contributed by atoms with Crippen LogP contribution in [-0.2, 0) is 13.1 Å². The van der Waals surface area contributed by atoms with Gasteiger partial charge in [0.15, 0.2) is 5.11 Å². The molecule has 1 aromatic heterocycles. The molecule has 0 spiro atoms. The van der Waals surface area contributed by atoms with Gasteiger partial charge in [-0.15, -0.1) is 0 Å². The number of nitrogens with zero attached hydrogens (tertiary/aromatic N) is 2. The van der Waals surface area contributed by atoms with E-state index in [-0.39, 0.29) is 0 Å². The Morgan fingerprint density at radius 1 is 1.16 bits per heavy atom. The van der Waals surface area contributed by atoms with Gasteiger partial charge in [-0.3, -0.25) is 4.98 Å². The molecule has 0 aliphatic heterocycles. The summed E-state index contributed by atoms with van der Waals surface area (Å²) < 4.78 is 5.52. The fourth-order valence-electron chi connectivity index (χ4n) is 2.39. The number of ether oxygens (including phenoxy) is 1. The van der Waals surface area contributed by atoms with Crippen molar-refractivity contribution in [3.05, 3.63) is 59.9 Å². The summed E-state index contributed by atoms with van der Waals surface area (Å²) in [5, 5.41) is 4.18. The zero-order valence-electron chi connectivity index (χ0n) is 15.2. The van der Waals surface area contributed by atoms with E-state index in [1.807, 2.05) is 31.3 Å². The van der Waals surface area contributed by atoms with Crippen LogP contribution in [0, 0.1) is 0 Å². The molecule has 1 aromatic carbocycles. The van der Waals surface area contributed by atoms with E-state index in [9.17, 15) is 0 Å². The minimum absolute atomic E-state index is 0.351. The minimum Gasteiger partial charge on any atom is -0.494 e. The summed E-state index contributed by atoms with van der Waals surface area (Å²) in [5.41, 5.74) is 2.34. The van der Waals surface area contributed by atoms with Gasteiger partial charge in [0.25, 0.3) is 0 Å². The van der Waals surface area contributed by atoms with Crippen LogP contribution in [0.4, 0.5) is 0 Å². The Hall–Kier alpha value is -2.14. The molecule has 0 aliphatic rings. The van der Waals surface area contributed by atoms with Crippen LogP contribution in [0.5, 0.6) is 5.75 Å². The largest absolute Gasteiger partial charge is 0.494 e. The standard InChI is InChI=1S/C20H27N3OS/c1-4-16(3)22-20(25)23(15-18-7-6-12-21-13-18)14-17-8-10-19(11-9-17)24-5-2/h6-13,16H,4-5,14-15H2,1-3H3,(H,22,25). The number of hydrogen-bond acceptors (Lipinski definition) is 3. The predicted molar refractivity (Wildman–Crippen MR) is 107 cm³/mol. The fourth-order valence-corrected chi connectivity index (χ4v) is 2.72. The smallest absolute Gasteiger partial charge is 0.169 e. The van der Waals surface area contributed by atoms with Crippen LogP contribution in [0.2, 0.25) is 0 Å². The molecule has 134 valence electrons. The summed E-state index contributed by atoms with van der Waals surface area (Å²) in [5.74, 6) is 0.894.